The molecule has 146 valence electrons. The first kappa shape index (κ1) is 20.9. The van der Waals surface area contributed by atoms with E-state index >= 15 is 0 Å². The van der Waals surface area contributed by atoms with Gasteiger partial charge in [-0.2, -0.15) is 0 Å². The Morgan fingerprint density at radius 1 is 1.11 bits per heavy atom. The van der Waals surface area contributed by atoms with Crippen molar-refractivity contribution in [1.29, 1.82) is 0 Å². The van der Waals surface area contributed by atoms with E-state index in [-0.39, 0.29) is 10.8 Å². The predicted octanol–water partition coefficient (Wildman–Crippen LogP) is 1.94. The monoisotopic (exact) mass is 390 g/mol. The second-order valence-electron chi connectivity index (χ2n) is 6.80. The summed E-state index contributed by atoms with van der Waals surface area (Å²) in [6.07, 6.45) is 1.69. The van der Waals surface area contributed by atoms with Crippen LogP contribution in [0.25, 0.3) is 0 Å². The van der Waals surface area contributed by atoms with Crippen molar-refractivity contribution in [2.75, 3.05) is 33.1 Å². The molecule has 1 aromatic heterocycles. The Labute approximate surface area is 161 Å². The third kappa shape index (κ3) is 4.64. The van der Waals surface area contributed by atoms with Crippen LogP contribution in [-0.2, 0) is 16.6 Å². The summed E-state index contributed by atoms with van der Waals surface area (Å²) in [6.45, 7) is 3.87. The Bertz CT molecular complexity index is 953. The molecule has 1 aromatic carbocycles. The zero-order valence-electron chi connectivity index (χ0n) is 16.6. The number of pyridine rings is 1. The van der Waals surface area contributed by atoms with Gasteiger partial charge in [0.05, 0.1) is 4.90 Å². The minimum absolute atomic E-state index is 0.149. The first-order valence-corrected chi connectivity index (χ1v) is 9.92. The van der Waals surface area contributed by atoms with Crippen LogP contribution in [0.3, 0.4) is 0 Å². The maximum absolute atomic E-state index is 12.6. The molecule has 0 unspecified atom stereocenters. The van der Waals surface area contributed by atoms with Crippen molar-refractivity contribution >= 4 is 21.7 Å². The number of benzene rings is 1. The molecule has 0 saturated heterocycles. The highest BCUT2D eigenvalue weighted by Crippen LogP contribution is 2.23. The van der Waals surface area contributed by atoms with Gasteiger partial charge in [-0.15, -0.1) is 0 Å². The fraction of sp³-hybridized carbons (Fsp3) is 0.368. The number of nitrogens with zero attached hydrogens (tertiary/aromatic N) is 3. The van der Waals surface area contributed by atoms with Crippen LogP contribution in [-0.4, -0.2) is 51.8 Å². The number of rotatable bonds is 6. The number of amides is 1. The Morgan fingerprint density at radius 3 is 2.37 bits per heavy atom. The number of nitrogens with one attached hydrogen (secondary N) is 1. The number of aryl methyl sites for hydroxylation is 1. The van der Waals surface area contributed by atoms with Crippen molar-refractivity contribution in [2.24, 2.45) is 0 Å². The molecule has 1 N–H and O–H groups in total. The Kier molecular flexibility index (Phi) is 6.22. The van der Waals surface area contributed by atoms with Gasteiger partial charge in [0.25, 0.3) is 5.91 Å². The third-order valence-electron chi connectivity index (χ3n) is 4.36. The van der Waals surface area contributed by atoms with E-state index in [0.29, 0.717) is 17.7 Å². The molecule has 27 heavy (non-hydrogen) atoms. The Balaban J connectivity index is 2.27. The van der Waals surface area contributed by atoms with E-state index in [1.807, 2.05) is 31.1 Å². The molecule has 0 aliphatic heterocycles. The number of carbonyl (C=O) groups is 1. The average molecular weight is 391 g/mol. The molecule has 1 amide bonds. The molecule has 1 heterocycles. The summed E-state index contributed by atoms with van der Waals surface area (Å²) in [5.41, 5.74) is 2.62. The number of sulfonamides is 1. The number of hydrogen-bond donors (Lipinski definition) is 1. The smallest absolute Gasteiger partial charge is 0.251 e. The second-order valence-corrected chi connectivity index (χ2v) is 8.92. The molecule has 0 spiro atoms. The van der Waals surface area contributed by atoms with Gasteiger partial charge >= 0.3 is 0 Å². The minimum atomic E-state index is -3.63. The number of aromatic nitrogens is 1. The fourth-order valence-electron chi connectivity index (χ4n) is 2.52. The molecule has 0 atom stereocenters. The van der Waals surface area contributed by atoms with Crippen molar-refractivity contribution in [3.05, 3.63) is 52.7 Å². The van der Waals surface area contributed by atoms with Crippen LogP contribution in [0.15, 0.2) is 35.4 Å². The maximum Gasteiger partial charge on any atom is 0.251 e. The van der Waals surface area contributed by atoms with Crippen LogP contribution >= 0.6 is 0 Å². The van der Waals surface area contributed by atoms with Gasteiger partial charge in [-0.05, 0) is 54.8 Å². The zero-order chi connectivity index (χ0) is 20.4. The first-order valence-electron chi connectivity index (χ1n) is 8.48. The van der Waals surface area contributed by atoms with Crippen LogP contribution in [0.1, 0.15) is 27.0 Å². The van der Waals surface area contributed by atoms with Crippen LogP contribution in [0.5, 0.6) is 0 Å². The molecule has 0 saturated carbocycles. The topological polar surface area (TPSA) is 82.6 Å². The molecule has 0 bridgehead atoms. The molecule has 0 radical (unpaired) electrons. The molecule has 7 nitrogen and oxygen atoms in total. The molecule has 8 heteroatoms. The lowest BCUT2D eigenvalue weighted by molar-refractivity contribution is 0.0950. The van der Waals surface area contributed by atoms with Gasteiger partial charge in [0.15, 0.2) is 0 Å². The summed E-state index contributed by atoms with van der Waals surface area (Å²) < 4.78 is 26.2. The minimum Gasteiger partial charge on any atom is -0.363 e. The Hall–Kier alpha value is -2.45. The SMILES string of the molecule is Cc1cc(C(=O)NCc2ccnc(N(C)C)c2)cc(S(=O)(=O)N(C)C)c1C. The number of anilines is 1. The lowest BCUT2D eigenvalue weighted by Crippen LogP contribution is -2.26. The highest BCUT2D eigenvalue weighted by Gasteiger charge is 2.22. The van der Waals surface area contributed by atoms with Gasteiger partial charge in [-0.1, -0.05) is 0 Å². The molecular weight excluding hydrogens is 364 g/mol. The summed E-state index contributed by atoms with van der Waals surface area (Å²) in [4.78, 5) is 18.9. The zero-order valence-corrected chi connectivity index (χ0v) is 17.4. The first-order chi connectivity index (χ1) is 12.5. The summed E-state index contributed by atoms with van der Waals surface area (Å²) in [6, 6.07) is 6.86. The van der Waals surface area contributed by atoms with Gasteiger partial charge < -0.3 is 10.2 Å². The number of carbonyl (C=O) groups excluding carboxylic acids is 1. The van der Waals surface area contributed by atoms with Crippen molar-refractivity contribution in [3.8, 4) is 0 Å². The summed E-state index contributed by atoms with van der Waals surface area (Å²) >= 11 is 0. The molecule has 0 aliphatic rings. The van der Waals surface area contributed by atoms with Gasteiger partial charge in [-0.3, -0.25) is 4.79 Å². The highest BCUT2D eigenvalue weighted by atomic mass is 32.2. The Morgan fingerprint density at radius 2 is 1.78 bits per heavy atom. The largest absolute Gasteiger partial charge is 0.363 e. The standard InChI is InChI=1S/C19H26N4O3S/c1-13-9-16(11-17(14(13)2)27(25,26)23(5)6)19(24)21-12-15-7-8-20-18(10-15)22(3)4/h7-11H,12H2,1-6H3,(H,21,24). The molecule has 0 aliphatic carbocycles. The van der Waals surface area contributed by atoms with Crippen molar-refractivity contribution in [2.45, 2.75) is 25.3 Å². The van der Waals surface area contributed by atoms with Crippen LogP contribution in [0, 0.1) is 13.8 Å². The lowest BCUT2D eigenvalue weighted by Gasteiger charge is -2.17. The predicted molar refractivity (Wildman–Crippen MR) is 107 cm³/mol. The summed E-state index contributed by atoms with van der Waals surface area (Å²) in [5, 5.41) is 2.84. The van der Waals surface area contributed by atoms with Crippen LogP contribution in [0.2, 0.25) is 0 Å². The normalized spacial score (nSPS) is 11.5. The van der Waals surface area contributed by atoms with E-state index in [2.05, 4.69) is 10.3 Å². The van der Waals surface area contributed by atoms with Gasteiger partial charge in [0.2, 0.25) is 10.0 Å². The van der Waals surface area contributed by atoms with Crippen molar-refractivity contribution in [1.82, 2.24) is 14.6 Å². The highest BCUT2D eigenvalue weighted by molar-refractivity contribution is 7.89. The van der Waals surface area contributed by atoms with Crippen LogP contribution in [0.4, 0.5) is 5.82 Å². The molecular formula is C19H26N4O3S. The van der Waals surface area contributed by atoms with E-state index in [4.69, 9.17) is 0 Å². The van der Waals surface area contributed by atoms with Crippen molar-refractivity contribution in [3.63, 3.8) is 0 Å². The summed E-state index contributed by atoms with van der Waals surface area (Å²) in [7, 11) is 3.11. The molecule has 0 fully saturated rings. The molecule has 2 rings (SSSR count). The maximum atomic E-state index is 12.6. The van der Waals surface area contributed by atoms with E-state index in [9.17, 15) is 13.2 Å². The summed E-state index contributed by atoms with van der Waals surface area (Å²) in [5.74, 6) is 0.476. The van der Waals surface area contributed by atoms with E-state index in [1.54, 1.807) is 26.1 Å². The van der Waals surface area contributed by atoms with E-state index in [1.165, 1.54) is 20.2 Å². The number of hydrogen-bond acceptors (Lipinski definition) is 5. The quantitative estimate of drug-likeness (QED) is 0.815. The van der Waals surface area contributed by atoms with E-state index in [0.717, 1.165) is 21.2 Å². The second kappa shape index (κ2) is 8.06. The van der Waals surface area contributed by atoms with Gasteiger partial charge in [0.1, 0.15) is 5.82 Å². The van der Waals surface area contributed by atoms with Gasteiger partial charge in [0, 0.05) is 46.5 Å². The van der Waals surface area contributed by atoms with Gasteiger partial charge in [-0.25, -0.2) is 17.7 Å². The lowest BCUT2D eigenvalue weighted by atomic mass is 10.1. The average Bonchev–Trinajstić information content (AvgIpc) is 2.61. The van der Waals surface area contributed by atoms with Crippen molar-refractivity contribution < 1.29 is 13.2 Å². The fourth-order valence-corrected chi connectivity index (χ4v) is 3.74. The van der Waals surface area contributed by atoms with Crippen LogP contribution < -0.4 is 10.2 Å². The molecule has 2 aromatic rings. The third-order valence-corrected chi connectivity index (χ3v) is 6.30. The van der Waals surface area contributed by atoms with E-state index < -0.39 is 10.0 Å².